The lowest BCUT2D eigenvalue weighted by Crippen LogP contribution is -2.14. The van der Waals surface area contributed by atoms with Crippen LogP contribution in [-0.4, -0.2) is 29.9 Å². The Kier molecular flexibility index (Phi) is 3.84. The van der Waals surface area contributed by atoms with E-state index >= 15 is 0 Å². The lowest BCUT2D eigenvalue weighted by molar-refractivity contribution is 0.440. The van der Waals surface area contributed by atoms with Gasteiger partial charge < -0.3 is 15.4 Å². The Morgan fingerprint density at radius 2 is 2.00 bits per heavy atom. The first-order chi connectivity index (χ1) is 9.45. The Morgan fingerprint density at radius 3 is 2.65 bits per heavy atom. The van der Waals surface area contributed by atoms with Crippen LogP contribution in [0.5, 0.6) is 11.8 Å². The van der Waals surface area contributed by atoms with Gasteiger partial charge in [0.05, 0.1) is 0 Å². The molecular formula is C14H17N5O. The molecule has 6 nitrogen and oxygen atoms in total. The topological polar surface area (TPSA) is 88.1 Å². The number of rotatable bonds is 4. The molecular weight excluding hydrogens is 254 g/mol. The standard InChI is InChI=1S/C14H17N5O/c1-9-7-12(13(15)16)18-14(17-9)20-11-6-4-5-10(8-11)19(2)3/h4-8H,1-3H3,(H3,15,16). The maximum absolute atomic E-state index is 7.42. The average Bonchev–Trinajstić information content (AvgIpc) is 2.38. The van der Waals surface area contributed by atoms with E-state index in [0.717, 1.165) is 5.69 Å². The zero-order chi connectivity index (χ0) is 14.7. The number of hydrogen-bond donors (Lipinski definition) is 2. The van der Waals surface area contributed by atoms with Crippen LogP contribution in [-0.2, 0) is 0 Å². The van der Waals surface area contributed by atoms with Gasteiger partial charge >= 0.3 is 6.01 Å². The molecule has 0 amide bonds. The summed E-state index contributed by atoms with van der Waals surface area (Å²) in [5, 5.41) is 7.42. The molecule has 1 heterocycles. The molecule has 3 N–H and O–H groups in total. The molecule has 2 rings (SSSR count). The highest BCUT2D eigenvalue weighted by molar-refractivity contribution is 5.93. The van der Waals surface area contributed by atoms with Gasteiger partial charge in [-0.25, -0.2) is 4.98 Å². The first-order valence-corrected chi connectivity index (χ1v) is 6.11. The Balaban J connectivity index is 2.30. The number of nitrogen functional groups attached to an aromatic ring is 1. The molecule has 0 radical (unpaired) electrons. The molecule has 104 valence electrons. The van der Waals surface area contributed by atoms with Gasteiger partial charge in [0.2, 0.25) is 0 Å². The number of amidine groups is 1. The van der Waals surface area contributed by atoms with Crippen molar-refractivity contribution in [1.29, 1.82) is 5.41 Å². The summed E-state index contributed by atoms with van der Waals surface area (Å²) in [6.45, 7) is 1.80. The predicted octanol–water partition coefficient (Wildman–Crippen LogP) is 1.93. The minimum atomic E-state index is -0.109. The molecule has 20 heavy (non-hydrogen) atoms. The van der Waals surface area contributed by atoms with Gasteiger partial charge in [-0.1, -0.05) is 6.07 Å². The average molecular weight is 271 g/mol. The zero-order valence-electron chi connectivity index (χ0n) is 11.7. The fourth-order valence-corrected chi connectivity index (χ4v) is 1.66. The lowest BCUT2D eigenvalue weighted by atomic mass is 10.3. The van der Waals surface area contributed by atoms with Gasteiger partial charge in [0.25, 0.3) is 0 Å². The van der Waals surface area contributed by atoms with Crippen LogP contribution in [0.4, 0.5) is 5.69 Å². The van der Waals surface area contributed by atoms with Gasteiger partial charge in [0.15, 0.2) is 0 Å². The molecule has 0 aliphatic rings. The number of nitrogens with zero attached hydrogens (tertiary/aromatic N) is 3. The van der Waals surface area contributed by atoms with Gasteiger partial charge in [-0.2, -0.15) is 4.98 Å². The number of aryl methyl sites for hydroxylation is 1. The number of aromatic nitrogens is 2. The van der Waals surface area contributed by atoms with Crippen molar-refractivity contribution in [2.24, 2.45) is 5.73 Å². The Labute approximate surface area is 117 Å². The largest absolute Gasteiger partial charge is 0.424 e. The van der Waals surface area contributed by atoms with Crippen molar-refractivity contribution < 1.29 is 4.74 Å². The minimum Gasteiger partial charge on any atom is -0.424 e. The predicted molar refractivity (Wildman–Crippen MR) is 78.6 cm³/mol. The monoisotopic (exact) mass is 271 g/mol. The number of nitrogens with two attached hydrogens (primary N) is 1. The first-order valence-electron chi connectivity index (χ1n) is 6.11. The van der Waals surface area contributed by atoms with E-state index in [0.29, 0.717) is 17.1 Å². The summed E-state index contributed by atoms with van der Waals surface area (Å²) in [6, 6.07) is 9.42. The van der Waals surface area contributed by atoms with Crippen LogP contribution in [0.1, 0.15) is 11.4 Å². The summed E-state index contributed by atoms with van der Waals surface area (Å²) < 4.78 is 5.64. The van der Waals surface area contributed by atoms with Gasteiger partial charge in [-0.15, -0.1) is 0 Å². The maximum Gasteiger partial charge on any atom is 0.322 e. The smallest absolute Gasteiger partial charge is 0.322 e. The molecule has 0 saturated heterocycles. The van der Waals surface area contributed by atoms with Crippen molar-refractivity contribution in [2.75, 3.05) is 19.0 Å². The summed E-state index contributed by atoms with van der Waals surface area (Å²) in [7, 11) is 3.91. The number of benzene rings is 1. The van der Waals surface area contributed by atoms with Crippen molar-refractivity contribution in [1.82, 2.24) is 9.97 Å². The first kappa shape index (κ1) is 13.8. The molecule has 1 aromatic heterocycles. The quantitative estimate of drug-likeness (QED) is 0.655. The molecule has 0 aliphatic carbocycles. The van der Waals surface area contributed by atoms with Crippen molar-refractivity contribution in [3.63, 3.8) is 0 Å². The molecule has 0 fully saturated rings. The van der Waals surface area contributed by atoms with Crippen LogP contribution in [0.3, 0.4) is 0 Å². The fourth-order valence-electron chi connectivity index (χ4n) is 1.66. The third-order valence-corrected chi connectivity index (χ3v) is 2.65. The number of anilines is 1. The normalized spacial score (nSPS) is 10.2. The second-order valence-corrected chi connectivity index (χ2v) is 4.58. The third kappa shape index (κ3) is 3.23. The Morgan fingerprint density at radius 1 is 1.25 bits per heavy atom. The molecule has 1 aromatic carbocycles. The van der Waals surface area contributed by atoms with E-state index in [4.69, 9.17) is 15.9 Å². The van der Waals surface area contributed by atoms with Gasteiger partial charge in [0, 0.05) is 31.5 Å². The Hall–Kier alpha value is -2.63. The Bertz CT molecular complexity index is 639. The van der Waals surface area contributed by atoms with Gasteiger partial charge in [0.1, 0.15) is 17.3 Å². The molecule has 6 heteroatoms. The summed E-state index contributed by atoms with van der Waals surface area (Å²) in [5.74, 6) is 0.527. The van der Waals surface area contributed by atoms with E-state index in [1.807, 2.05) is 43.3 Å². The lowest BCUT2D eigenvalue weighted by Gasteiger charge is -2.13. The van der Waals surface area contributed by atoms with Crippen LogP contribution < -0.4 is 15.4 Å². The molecule has 0 saturated carbocycles. The van der Waals surface area contributed by atoms with E-state index in [2.05, 4.69) is 9.97 Å². The van der Waals surface area contributed by atoms with Crippen LogP contribution >= 0.6 is 0 Å². The second kappa shape index (κ2) is 5.56. The molecule has 0 atom stereocenters. The molecule has 2 aromatic rings. The van der Waals surface area contributed by atoms with Crippen molar-refractivity contribution >= 4 is 11.5 Å². The van der Waals surface area contributed by atoms with Crippen molar-refractivity contribution in [2.45, 2.75) is 6.92 Å². The highest BCUT2D eigenvalue weighted by Crippen LogP contribution is 2.23. The number of hydrogen-bond acceptors (Lipinski definition) is 5. The highest BCUT2D eigenvalue weighted by atomic mass is 16.5. The van der Waals surface area contributed by atoms with Crippen LogP contribution in [0.25, 0.3) is 0 Å². The van der Waals surface area contributed by atoms with Crippen LogP contribution in [0.2, 0.25) is 0 Å². The summed E-state index contributed by atoms with van der Waals surface area (Å²) >= 11 is 0. The molecule has 0 unspecified atom stereocenters. The second-order valence-electron chi connectivity index (χ2n) is 4.58. The highest BCUT2D eigenvalue weighted by Gasteiger charge is 2.07. The van der Waals surface area contributed by atoms with Crippen LogP contribution in [0.15, 0.2) is 30.3 Å². The SMILES string of the molecule is Cc1cc(C(=N)N)nc(Oc2cccc(N(C)C)c2)n1. The molecule has 0 bridgehead atoms. The molecule has 0 spiro atoms. The fraction of sp³-hybridized carbons (Fsp3) is 0.214. The zero-order valence-corrected chi connectivity index (χ0v) is 11.7. The third-order valence-electron chi connectivity index (χ3n) is 2.65. The maximum atomic E-state index is 7.42. The van der Waals surface area contributed by atoms with E-state index in [1.165, 1.54) is 0 Å². The van der Waals surface area contributed by atoms with Crippen molar-refractivity contribution in [3.05, 3.63) is 41.7 Å². The number of ether oxygens (including phenoxy) is 1. The van der Waals surface area contributed by atoms with Gasteiger partial charge in [-0.05, 0) is 25.1 Å². The van der Waals surface area contributed by atoms with Crippen molar-refractivity contribution in [3.8, 4) is 11.8 Å². The summed E-state index contributed by atoms with van der Waals surface area (Å²) in [6.07, 6.45) is 0. The van der Waals surface area contributed by atoms with E-state index in [-0.39, 0.29) is 11.8 Å². The minimum absolute atomic E-state index is 0.109. The molecule has 0 aliphatic heterocycles. The summed E-state index contributed by atoms with van der Waals surface area (Å²) in [4.78, 5) is 10.3. The van der Waals surface area contributed by atoms with E-state index < -0.39 is 0 Å². The van der Waals surface area contributed by atoms with Crippen LogP contribution in [0, 0.1) is 12.3 Å². The summed E-state index contributed by atoms with van der Waals surface area (Å²) in [5.41, 5.74) is 7.51. The van der Waals surface area contributed by atoms with Gasteiger partial charge in [-0.3, -0.25) is 5.41 Å². The van der Waals surface area contributed by atoms with E-state index in [9.17, 15) is 0 Å². The number of nitrogens with one attached hydrogen (secondary N) is 1. The van der Waals surface area contributed by atoms with E-state index in [1.54, 1.807) is 13.0 Å².